The van der Waals surface area contributed by atoms with E-state index in [0.717, 1.165) is 10.9 Å². The van der Waals surface area contributed by atoms with Gasteiger partial charge in [-0.05, 0) is 58.7 Å². The van der Waals surface area contributed by atoms with Gasteiger partial charge >= 0.3 is 0 Å². The van der Waals surface area contributed by atoms with Crippen LogP contribution in [-0.2, 0) is 4.79 Å². The molecule has 0 aliphatic rings. The molecular weight excluding hydrogens is 452 g/mol. The lowest BCUT2D eigenvalue weighted by atomic mass is 10.1. The normalized spacial score (nSPS) is 10.2. The van der Waals surface area contributed by atoms with Gasteiger partial charge in [0.2, 0.25) is 5.91 Å². The van der Waals surface area contributed by atoms with Gasteiger partial charge in [-0.1, -0.05) is 22.9 Å². The van der Waals surface area contributed by atoms with E-state index in [-0.39, 0.29) is 11.8 Å². The number of hydrogen-bond donors (Lipinski definition) is 2. The van der Waals surface area contributed by atoms with E-state index < -0.39 is 0 Å². The molecule has 0 fully saturated rings. The molecule has 2 aromatic rings. The number of nitrogens with one attached hydrogen (secondary N) is 2. The summed E-state index contributed by atoms with van der Waals surface area (Å²) in [5.74, 6) is 0.147. The number of anilines is 2. The Morgan fingerprint density at radius 2 is 1.64 bits per heavy atom. The highest BCUT2D eigenvalue weighted by Crippen LogP contribution is 2.33. The van der Waals surface area contributed by atoms with Crippen LogP contribution >= 0.6 is 31.9 Å². The fourth-order valence-electron chi connectivity index (χ4n) is 2.22. The molecule has 2 N–H and O–H groups in total. The number of halogens is 2. The average molecular weight is 470 g/mol. The summed E-state index contributed by atoms with van der Waals surface area (Å²) in [4.78, 5) is 24.1. The van der Waals surface area contributed by atoms with Crippen molar-refractivity contribution in [1.29, 1.82) is 0 Å². The molecule has 2 rings (SSSR count). The first-order valence-corrected chi connectivity index (χ1v) is 9.27. The van der Waals surface area contributed by atoms with Crippen molar-refractivity contribution in [1.82, 2.24) is 0 Å². The van der Waals surface area contributed by atoms with E-state index >= 15 is 0 Å². The lowest BCUT2D eigenvalue weighted by Gasteiger charge is -2.12. The average Bonchev–Trinajstić information content (AvgIpc) is 2.56. The Morgan fingerprint density at radius 1 is 1.04 bits per heavy atom. The highest BCUT2D eigenvalue weighted by atomic mass is 79.9. The molecule has 0 aliphatic heterocycles. The van der Waals surface area contributed by atoms with Gasteiger partial charge in [0.05, 0.1) is 17.1 Å². The Hall–Kier alpha value is -1.86. The number of benzene rings is 2. The number of rotatable bonds is 6. The minimum absolute atomic E-state index is 0.0250. The number of ether oxygens (including phenoxy) is 1. The van der Waals surface area contributed by atoms with Crippen molar-refractivity contribution in [3.8, 4) is 5.75 Å². The molecule has 0 bridgehead atoms. The number of methoxy groups -OCH3 is 1. The summed E-state index contributed by atoms with van der Waals surface area (Å²) in [5.41, 5.74) is 1.72. The highest BCUT2D eigenvalue weighted by molar-refractivity contribution is 9.11. The molecular formula is C18H18Br2N2O3. The van der Waals surface area contributed by atoms with Crippen molar-refractivity contribution in [2.75, 3.05) is 17.7 Å². The van der Waals surface area contributed by atoms with E-state index in [1.54, 1.807) is 30.3 Å². The highest BCUT2D eigenvalue weighted by Gasteiger charge is 2.16. The zero-order valence-corrected chi connectivity index (χ0v) is 17.0. The zero-order valence-electron chi connectivity index (χ0n) is 13.9. The zero-order chi connectivity index (χ0) is 18.4. The second-order valence-electron chi connectivity index (χ2n) is 5.30. The number of hydrogen-bond acceptors (Lipinski definition) is 3. The van der Waals surface area contributed by atoms with Crippen LogP contribution in [0.15, 0.2) is 45.3 Å². The third kappa shape index (κ3) is 5.31. The third-order valence-corrected chi connectivity index (χ3v) is 4.41. The molecule has 0 radical (unpaired) electrons. The summed E-state index contributed by atoms with van der Waals surface area (Å²) < 4.78 is 6.75. The molecule has 0 saturated heterocycles. The monoisotopic (exact) mass is 468 g/mol. The summed E-state index contributed by atoms with van der Waals surface area (Å²) in [6.07, 6.45) is 1.28. The van der Waals surface area contributed by atoms with E-state index in [9.17, 15) is 9.59 Å². The fourth-order valence-corrected chi connectivity index (χ4v) is 3.61. The van der Waals surface area contributed by atoms with Crippen molar-refractivity contribution in [3.63, 3.8) is 0 Å². The van der Waals surface area contributed by atoms with Crippen molar-refractivity contribution in [2.24, 2.45) is 0 Å². The van der Waals surface area contributed by atoms with Crippen LogP contribution in [0, 0.1) is 0 Å². The molecule has 0 aliphatic carbocycles. The smallest absolute Gasteiger partial charge is 0.259 e. The van der Waals surface area contributed by atoms with Crippen molar-refractivity contribution in [2.45, 2.75) is 19.8 Å². The Bertz CT molecular complexity index is 777. The lowest BCUT2D eigenvalue weighted by Crippen LogP contribution is -2.14. The van der Waals surface area contributed by atoms with Crippen LogP contribution in [0.2, 0.25) is 0 Å². The topological polar surface area (TPSA) is 67.4 Å². The van der Waals surface area contributed by atoms with Crippen molar-refractivity contribution < 1.29 is 14.3 Å². The van der Waals surface area contributed by atoms with Crippen molar-refractivity contribution in [3.05, 3.63) is 50.9 Å². The van der Waals surface area contributed by atoms with Gasteiger partial charge in [0.1, 0.15) is 5.75 Å². The first-order valence-electron chi connectivity index (χ1n) is 7.69. The first kappa shape index (κ1) is 19.5. The van der Waals surface area contributed by atoms with E-state index in [4.69, 9.17) is 4.74 Å². The van der Waals surface area contributed by atoms with E-state index in [2.05, 4.69) is 42.5 Å². The van der Waals surface area contributed by atoms with Crippen LogP contribution in [0.3, 0.4) is 0 Å². The lowest BCUT2D eigenvalue weighted by molar-refractivity contribution is -0.116. The Balaban J connectivity index is 2.12. The van der Waals surface area contributed by atoms with E-state index in [0.29, 0.717) is 33.6 Å². The molecule has 0 aromatic heterocycles. The summed E-state index contributed by atoms with van der Waals surface area (Å²) in [7, 11) is 1.51. The molecule has 2 aromatic carbocycles. The number of carbonyl (C=O) groups excluding carboxylic acids is 2. The summed E-state index contributed by atoms with van der Waals surface area (Å²) in [6, 6.07) is 10.5. The van der Waals surface area contributed by atoms with Crippen LogP contribution < -0.4 is 15.4 Å². The van der Waals surface area contributed by atoms with Gasteiger partial charge in [0, 0.05) is 22.3 Å². The maximum atomic E-state index is 12.5. The minimum atomic E-state index is -0.290. The maximum Gasteiger partial charge on any atom is 0.259 e. The molecule has 0 atom stereocenters. The Morgan fingerprint density at radius 3 is 2.20 bits per heavy atom. The molecule has 7 heteroatoms. The van der Waals surface area contributed by atoms with Gasteiger partial charge in [0.15, 0.2) is 0 Å². The Kier molecular flexibility index (Phi) is 7.01. The van der Waals surface area contributed by atoms with Crippen LogP contribution in [0.1, 0.15) is 30.1 Å². The number of amides is 2. The van der Waals surface area contributed by atoms with Crippen LogP contribution in [0.5, 0.6) is 5.75 Å². The molecule has 132 valence electrons. The van der Waals surface area contributed by atoms with Crippen LogP contribution in [0.4, 0.5) is 11.4 Å². The molecule has 0 heterocycles. The molecule has 0 saturated carbocycles. The Labute approximate surface area is 163 Å². The summed E-state index contributed by atoms with van der Waals surface area (Å²) >= 11 is 6.75. The van der Waals surface area contributed by atoms with Gasteiger partial charge < -0.3 is 15.4 Å². The molecule has 25 heavy (non-hydrogen) atoms. The summed E-state index contributed by atoms with van der Waals surface area (Å²) in [5, 5.41) is 5.62. The van der Waals surface area contributed by atoms with Gasteiger partial charge in [-0.3, -0.25) is 9.59 Å². The van der Waals surface area contributed by atoms with Gasteiger partial charge in [-0.15, -0.1) is 0 Å². The van der Waals surface area contributed by atoms with Crippen LogP contribution in [0.25, 0.3) is 0 Å². The minimum Gasteiger partial charge on any atom is -0.495 e. The SMILES string of the molecule is CCCC(=O)Nc1ccc(NC(=O)c2cc(Br)cc(Br)c2OC)cc1. The molecule has 0 spiro atoms. The first-order chi connectivity index (χ1) is 11.9. The molecule has 0 unspecified atom stereocenters. The summed E-state index contributed by atoms with van der Waals surface area (Å²) in [6.45, 7) is 1.95. The molecule has 2 amide bonds. The third-order valence-electron chi connectivity index (χ3n) is 3.36. The van der Waals surface area contributed by atoms with Crippen LogP contribution in [-0.4, -0.2) is 18.9 Å². The number of carbonyl (C=O) groups is 2. The second kappa shape index (κ2) is 9.01. The quantitative estimate of drug-likeness (QED) is 0.610. The predicted octanol–water partition coefficient (Wildman–Crippen LogP) is 5.21. The standard InChI is InChI=1S/C18H18Br2N2O3/c1-3-4-16(23)21-12-5-7-13(8-6-12)22-18(24)14-9-11(19)10-15(20)17(14)25-2/h5-10H,3-4H2,1-2H3,(H,21,23)(H,22,24). The van der Waals surface area contributed by atoms with Gasteiger partial charge in [-0.25, -0.2) is 0 Å². The second-order valence-corrected chi connectivity index (χ2v) is 7.07. The van der Waals surface area contributed by atoms with E-state index in [1.165, 1.54) is 7.11 Å². The predicted molar refractivity (Wildman–Crippen MR) is 106 cm³/mol. The largest absolute Gasteiger partial charge is 0.495 e. The van der Waals surface area contributed by atoms with Gasteiger partial charge in [-0.2, -0.15) is 0 Å². The fraction of sp³-hybridized carbons (Fsp3) is 0.222. The van der Waals surface area contributed by atoms with Crippen molar-refractivity contribution >= 4 is 55.0 Å². The molecule has 5 nitrogen and oxygen atoms in total. The van der Waals surface area contributed by atoms with Gasteiger partial charge in [0.25, 0.3) is 5.91 Å². The maximum absolute atomic E-state index is 12.5. The van der Waals surface area contributed by atoms with E-state index in [1.807, 2.05) is 13.0 Å².